The van der Waals surface area contributed by atoms with Crippen LogP contribution in [-0.2, 0) is 10.2 Å². The molecular formula is C13H15ClN4O. The van der Waals surface area contributed by atoms with Gasteiger partial charge in [0.05, 0.1) is 36.4 Å². The van der Waals surface area contributed by atoms with Crippen LogP contribution in [0.15, 0.2) is 6.07 Å². The van der Waals surface area contributed by atoms with Crippen molar-refractivity contribution >= 4 is 17.4 Å². The third-order valence-electron chi connectivity index (χ3n) is 3.80. The minimum atomic E-state index is -0.434. The third kappa shape index (κ3) is 2.26. The summed E-state index contributed by atoms with van der Waals surface area (Å²) in [5.41, 5.74) is 0.320. The van der Waals surface area contributed by atoms with Crippen molar-refractivity contribution in [3.05, 3.63) is 17.0 Å². The van der Waals surface area contributed by atoms with Crippen molar-refractivity contribution in [2.75, 3.05) is 24.7 Å². The number of nitrogens with zero attached hydrogens (tertiary/aromatic N) is 4. The molecule has 0 radical (unpaired) electrons. The first-order chi connectivity index (χ1) is 9.14. The standard InChI is InChI=1S/C13H15ClN4O/c1-9-7-19-5-4-18(9)11-6-10(16-12(14)17-11)13(8-15)2-3-13/h6,9H,2-5,7H2,1H3/t9-/m1/s1. The maximum Gasteiger partial charge on any atom is 0.224 e. The number of hydrogen-bond acceptors (Lipinski definition) is 5. The lowest BCUT2D eigenvalue weighted by Gasteiger charge is -2.34. The van der Waals surface area contributed by atoms with E-state index in [1.54, 1.807) is 0 Å². The number of nitriles is 1. The molecule has 0 bridgehead atoms. The summed E-state index contributed by atoms with van der Waals surface area (Å²) < 4.78 is 5.42. The van der Waals surface area contributed by atoms with Crippen molar-refractivity contribution in [1.29, 1.82) is 5.26 Å². The molecule has 1 aromatic rings. The minimum absolute atomic E-state index is 0.215. The summed E-state index contributed by atoms with van der Waals surface area (Å²) in [5.74, 6) is 0.798. The van der Waals surface area contributed by atoms with E-state index in [0.717, 1.165) is 30.9 Å². The number of halogens is 1. The summed E-state index contributed by atoms with van der Waals surface area (Å²) in [6.45, 7) is 4.24. The molecule has 2 heterocycles. The summed E-state index contributed by atoms with van der Waals surface area (Å²) in [7, 11) is 0. The van der Waals surface area contributed by atoms with Gasteiger partial charge in [-0.2, -0.15) is 5.26 Å². The molecule has 0 spiro atoms. The molecule has 0 N–H and O–H groups in total. The first-order valence-electron chi connectivity index (χ1n) is 6.45. The third-order valence-corrected chi connectivity index (χ3v) is 3.97. The molecule has 0 amide bonds. The highest BCUT2D eigenvalue weighted by Crippen LogP contribution is 2.47. The molecule has 1 aliphatic carbocycles. The average Bonchev–Trinajstić information content (AvgIpc) is 3.19. The molecule has 6 heteroatoms. The Balaban J connectivity index is 1.96. The first-order valence-corrected chi connectivity index (χ1v) is 6.83. The van der Waals surface area contributed by atoms with Crippen LogP contribution in [0.25, 0.3) is 0 Å². The zero-order chi connectivity index (χ0) is 13.5. The lowest BCUT2D eigenvalue weighted by molar-refractivity contribution is 0.0985. The summed E-state index contributed by atoms with van der Waals surface area (Å²) in [4.78, 5) is 10.7. The quantitative estimate of drug-likeness (QED) is 0.774. The van der Waals surface area contributed by atoms with Gasteiger partial charge in [-0.1, -0.05) is 0 Å². The fourth-order valence-corrected chi connectivity index (χ4v) is 2.59. The highest BCUT2D eigenvalue weighted by atomic mass is 35.5. The first kappa shape index (κ1) is 12.6. The van der Waals surface area contributed by atoms with Gasteiger partial charge in [-0.25, -0.2) is 9.97 Å². The van der Waals surface area contributed by atoms with Crippen molar-refractivity contribution in [2.24, 2.45) is 0 Å². The highest BCUT2D eigenvalue weighted by Gasteiger charge is 2.47. The Bertz CT molecular complexity index is 538. The molecule has 1 aliphatic heterocycles. The van der Waals surface area contributed by atoms with Gasteiger partial charge >= 0.3 is 0 Å². The van der Waals surface area contributed by atoms with Crippen molar-refractivity contribution in [3.63, 3.8) is 0 Å². The van der Waals surface area contributed by atoms with E-state index < -0.39 is 5.41 Å². The second kappa shape index (κ2) is 4.62. The SMILES string of the molecule is C[C@@H]1COCCN1c1cc(C2(C#N)CC2)nc(Cl)n1. The fraction of sp³-hybridized carbons (Fsp3) is 0.615. The molecule has 100 valence electrons. The Labute approximate surface area is 117 Å². The van der Waals surface area contributed by atoms with Crippen LogP contribution in [0, 0.1) is 11.3 Å². The van der Waals surface area contributed by atoms with Gasteiger partial charge in [-0.15, -0.1) is 0 Å². The smallest absolute Gasteiger partial charge is 0.224 e. The van der Waals surface area contributed by atoms with E-state index in [9.17, 15) is 5.26 Å². The van der Waals surface area contributed by atoms with E-state index in [1.165, 1.54) is 0 Å². The van der Waals surface area contributed by atoms with Gasteiger partial charge in [0.15, 0.2) is 0 Å². The van der Waals surface area contributed by atoms with E-state index in [0.29, 0.717) is 13.2 Å². The van der Waals surface area contributed by atoms with Crippen LogP contribution in [0.3, 0.4) is 0 Å². The lowest BCUT2D eigenvalue weighted by atomic mass is 10.0. The number of anilines is 1. The zero-order valence-electron chi connectivity index (χ0n) is 10.8. The maximum absolute atomic E-state index is 9.27. The van der Waals surface area contributed by atoms with Crippen molar-refractivity contribution in [3.8, 4) is 6.07 Å². The second-order valence-electron chi connectivity index (χ2n) is 5.19. The monoisotopic (exact) mass is 278 g/mol. The van der Waals surface area contributed by atoms with Gasteiger partial charge < -0.3 is 9.64 Å². The molecule has 1 saturated heterocycles. The van der Waals surface area contributed by atoms with Crippen molar-refractivity contribution in [2.45, 2.75) is 31.2 Å². The average molecular weight is 279 g/mol. The largest absolute Gasteiger partial charge is 0.377 e. The molecule has 3 rings (SSSR count). The van der Waals surface area contributed by atoms with Crippen LogP contribution in [-0.4, -0.2) is 35.8 Å². The van der Waals surface area contributed by atoms with Gasteiger partial charge in [0.1, 0.15) is 5.82 Å². The van der Waals surface area contributed by atoms with E-state index >= 15 is 0 Å². The molecule has 1 atom stereocenters. The molecule has 19 heavy (non-hydrogen) atoms. The molecule has 2 aliphatic rings. The number of aromatic nitrogens is 2. The predicted octanol–water partition coefficient (Wildman–Crippen LogP) is 1.91. The van der Waals surface area contributed by atoms with E-state index in [2.05, 4.69) is 27.9 Å². The normalized spacial score (nSPS) is 24.9. The predicted molar refractivity (Wildman–Crippen MR) is 71.2 cm³/mol. The number of morpholine rings is 1. The van der Waals surface area contributed by atoms with Crippen LogP contribution in [0.5, 0.6) is 0 Å². The Morgan fingerprint density at radius 3 is 2.95 bits per heavy atom. The lowest BCUT2D eigenvalue weighted by Crippen LogP contribution is -2.44. The summed E-state index contributed by atoms with van der Waals surface area (Å²) in [6, 6.07) is 4.51. The zero-order valence-corrected chi connectivity index (χ0v) is 11.5. The number of rotatable bonds is 2. The van der Waals surface area contributed by atoms with Gasteiger partial charge in [-0.05, 0) is 31.4 Å². The van der Waals surface area contributed by atoms with Gasteiger partial charge in [0.2, 0.25) is 5.28 Å². The number of hydrogen-bond donors (Lipinski definition) is 0. The second-order valence-corrected chi connectivity index (χ2v) is 5.53. The molecule has 2 fully saturated rings. The molecule has 0 unspecified atom stereocenters. The van der Waals surface area contributed by atoms with Crippen molar-refractivity contribution in [1.82, 2.24) is 9.97 Å². The maximum atomic E-state index is 9.27. The van der Waals surface area contributed by atoms with Crippen LogP contribution in [0.1, 0.15) is 25.5 Å². The minimum Gasteiger partial charge on any atom is -0.377 e. The van der Waals surface area contributed by atoms with Gasteiger partial charge in [0.25, 0.3) is 0 Å². The van der Waals surface area contributed by atoms with Gasteiger partial charge in [0, 0.05) is 12.6 Å². The van der Waals surface area contributed by atoms with Crippen LogP contribution in [0.4, 0.5) is 5.82 Å². The molecule has 0 aromatic carbocycles. The van der Waals surface area contributed by atoms with E-state index in [4.69, 9.17) is 16.3 Å². The van der Waals surface area contributed by atoms with Crippen LogP contribution in [0.2, 0.25) is 5.28 Å². The van der Waals surface area contributed by atoms with Crippen LogP contribution < -0.4 is 4.90 Å². The highest BCUT2D eigenvalue weighted by molar-refractivity contribution is 6.28. The topological polar surface area (TPSA) is 62.0 Å². The Morgan fingerprint density at radius 1 is 1.53 bits per heavy atom. The Kier molecular flexibility index (Phi) is 3.08. The van der Waals surface area contributed by atoms with E-state index in [-0.39, 0.29) is 11.3 Å². The Morgan fingerprint density at radius 2 is 2.32 bits per heavy atom. The summed E-state index contributed by atoms with van der Waals surface area (Å²) in [6.07, 6.45) is 1.71. The molecule has 5 nitrogen and oxygen atoms in total. The molecule has 1 saturated carbocycles. The fourth-order valence-electron chi connectivity index (χ4n) is 2.42. The molecular weight excluding hydrogens is 264 g/mol. The Hall–Kier alpha value is -1.38. The van der Waals surface area contributed by atoms with Crippen molar-refractivity contribution < 1.29 is 4.74 Å². The summed E-state index contributed by atoms with van der Waals surface area (Å²) in [5, 5.41) is 9.48. The van der Waals surface area contributed by atoms with Crippen LogP contribution >= 0.6 is 11.6 Å². The number of ether oxygens (including phenoxy) is 1. The van der Waals surface area contributed by atoms with Gasteiger partial charge in [-0.3, -0.25) is 0 Å². The summed E-state index contributed by atoms with van der Waals surface area (Å²) >= 11 is 6.02. The van der Waals surface area contributed by atoms with E-state index in [1.807, 2.05) is 6.07 Å². The molecule has 1 aromatic heterocycles.